The number of benzene rings is 1. The van der Waals surface area contributed by atoms with E-state index in [0.29, 0.717) is 0 Å². The summed E-state index contributed by atoms with van der Waals surface area (Å²) in [6, 6.07) is 6.18. The van der Waals surface area contributed by atoms with Gasteiger partial charge in [0.1, 0.15) is 5.75 Å². The van der Waals surface area contributed by atoms with Crippen molar-refractivity contribution < 1.29 is 9.47 Å². The molecule has 0 spiro atoms. The van der Waals surface area contributed by atoms with Crippen LogP contribution >= 0.6 is 0 Å². The summed E-state index contributed by atoms with van der Waals surface area (Å²) >= 11 is 0. The second-order valence-corrected chi connectivity index (χ2v) is 4.64. The van der Waals surface area contributed by atoms with E-state index in [1.165, 1.54) is 11.3 Å². The number of anilines is 1. The van der Waals surface area contributed by atoms with Gasteiger partial charge in [0, 0.05) is 12.8 Å². The molecule has 1 unspecified atom stereocenters. The standard InChI is InChI=1S/C13H19NO2/c1-13(9-15-2)7-6-10-8-11(16-3)4-5-12(10)14-13/h4-5,8,14H,6-7,9H2,1-3H3. The third-order valence-corrected chi connectivity index (χ3v) is 3.16. The van der Waals surface area contributed by atoms with E-state index in [1.54, 1.807) is 14.2 Å². The summed E-state index contributed by atoms with van der Waals surface area (Å²) in [7, 11) is 3.45. The van der Waals surface area contributed by atoms with Crippen LogP contribution in [0.15, 0.2) is 18.2 Å². The fourth-order valence-electron chi connectivity index (χ4n) is 2.25. The summed E-state index contributed by atoms with van der Waals surface area (Å²) in [5, 5.41) is 3.55. The Morgan fingerprint density at radius 3 is 2.88 bits per heavy atom. The number of hydrogen-bond acceptors (Lipinski definition) is 3. The minimum absolute atomic E-state index is 0.0519. The molecule has 0 saturated heterocycles. The lowest BCUT2D eigenvalue weighted by molar-refractivity contribution is 0.144. The van der Waals surface area contributed by atoms with Crippen molar-refractivity contribution in [2.24, 2.45) is 0 Å². The second-order valence-electron chi connectivity index (χ2n) is 4.64. The molecule has 0 fully saturated rings. The average Bonchev–Trinajstić information content (AvgIpc) is 2.28. The van der Waals surface area contributed by atoms with E-state index in [1.807, 2.05) is 6.07 Å². The van der Waals surface area contributed by atoms with Crippen molar-refractivity contribution in [2.45, 2.75) is 25.3 Å². The van der Waals surface area contributed by atoms with Gasteiger partial charge in [0.05, 0.1) is 19.3 Å². The van der Waals surface area contributed by atoms with Gasteiger partial charge in [-0.15, -0.1) is 0 Å². The monoisotopic (exact) mass is 221 g/mol. The molecule has 1 aromatic carbocycles. The van der Waals surface area contributed by atoms with Crippen molar-refractivity contribution in [3.8, 4) is 5.75 Å². The van der Waals surface area contributed by atoms with Crippen molar-refractivity contribution in [3.63, 3.8) is 0 Å². The van der Waals surface area contributed by atoms with Crippen LogP contribution < -0.4 is 10.1 Å². The average molecular weight is 221 g/mol. The number of fused-ring (bicyclic) bond motifs is 1. The quantitative estimate of drug-likeness (QED) is 0.850. The van der Waals surface area contributed by atoms with E-state index in [9.17, 15) is 0 Å². The molecule has 1 N–H and O–H groups in total. The lowest BCUT2D eigenvalue weighted by Gasteiger charge is -2.36. The molecule has 0 saturated carbocycles. The van der Waals surface area contributed by atoms with Gasteiger partial charge in [-0.3, -0.25) is 0 Å². The first-order valence-corrected chi connectivity index (χ1v) is 5.61. The van der Waals surface area contributed by atoms with Gasteiger partial charge in [-0.2, -0.15) is 0 Å². The highest BCUT2D eigenvalue weighted by Crippen LogP contribution is 2.33. The van der Waals surface area contributed by atoms with Crippen LogP contribution in [0.2, 0.25) is 0 Å². The Balaban J connectivity index is 2.21. The van der Waals surface area contributed by atoms with Gasteiger partial charge in [0.25, 0.3) is 0 Å². The number of rotatable bonds is 3. The topological polar surface area (TPSA) is 30.5 Å². The molecule has 16 heavy (non-hydrogen) atoms. The van der Waals surface area contributed by atoms with E-state index < -0.39 is 0 Å². The Labute approximate surface area is 96.8 Å². The minimum Gasteiger partial charge on any atom is -0.497 e. The fourth-order valence-corrected chi connectivity index (χ4v) is 2.25. The maximum Gasteiger partial charge on any atom is 0.119 e. The third kappa shape index (κ3) is 2.14. The molecule has 1 aliphatic rings. The normalized spacial score (nSPS) is 23.4. The highest BCUT2D eigenvalue weighted by Gasteiger charge is 2.29. The summed E-state index contributed by atoms with van der Waals surface area (Å²) in [5.74, 6) is 0.927. The Bertz CT molecular complexity index is 378. The zero-order valence-corrected chi connectivity index (χ0v) is 10.2. The summed E-state index contributed by atoms with van der Waals surface area (Å²) in [6.07, 6.45) is 2.15. The van der Waals surface area contributed by atoms with E-state index in [-0.39, 0.29) is 5.54 Å². The first-order chi connectivity index (χ1) is 7.67. The minimum atomic E-state index is 0.0519. The van der Waals surface area contributed by atoms with Crippen molar-refractivity contribution in [2.75, 3.05) is 26.1 Å². The molecular weight excluding hydrogens is 202 g/mol. The van der Waals surface area contributed by atoms with Crippen LogP contribution in [-0.2, 0) is 11.2 Å². The molecule has 1 aromatic rings. The van der Waals surface area contributed by atoms with Crippen LogP contribution in [0.1, 0.15) is 18.9 Å². The van der Waals surface area contributed by atoms with Crippen molar-refractivity contribution in [1.29, 1.82) is 0 Å². The lowest BCUT2D eigenvalue weighted by atomic mass is 9.88. The molecule has 0 bridgehead atoms. The van der Waals surface area contributed by atoms with Crippen LogP contribution in [0.3, 0.4) is 0 Å². The molecule has 3 nitrogen and oxygen atoms in total. The fraction of sp³-hybridized carbons (Fsp3) is 0.538. The van der Waals surface area contributed by atoms with Gasteiger partial charge in [0.2, 0.25) is 0 Å². The van der Waals surface area contributed by atoms with Crippen LogP contribution in [-0.4, -0.2) is 26.4 Å². The SMILES string of the molecule is COCC1(C)CCc2cc(OC)ccc2N1. The molecular formula is C13H19NO2. The van der Waals surface area contributed by atoms with Gasteiger partial charge in [-0.1, -0.05) is 0 Å². The van der Waals surface area contributed by atoms with E-state index in [0.717, 1.165) is 25.2 Å². The summed E-state index contributed by atoms with van der Waals surface area (Å²) in [5.41, 5.74) is 2.58. The molecule has 2 rings (SSSR count). The number of ether oxygens (including phenoxy) is 2. The van der Waals surface area contributed by atoms with Crippen molar-refractivity contribution in [1.82, 2.24) is 0 Å². The predicted molar refractivity (Wildman–Crippen MR) is 65.2 cm³/mol. The van der Waals surface area contributed by atoms with Crippen LogP contribution in [0.5, 0.6) is 5.75 Å². The van der Waals surface area contributed by atoms with Gasteiger partial charge in [-0.25, -0.2) is 0 Å². The maximum atomic E-state index is 5.26. The maximum absolute atomic E-state index is 5.26. The lowest BCUT2D eigenvalue weighted by Crippen LogP contribution is -2.42. The summed E-state index contributed by atoms with van der Waals surface area (Å²) in [4.78, 5) is 0. The first-order valence-electron chi connectivity index (χ1n) is 5.61. The molecule has 1 aliphatic heterocycles. The Morgan fingerprint density at radius 1 is 1.38 bits per heavy atom. The first kappa shape index (κ1) is 11.3. The second kappa shape index (κ2) is 4.34. The number of hydrogen-bond donors (Lipinski definition) is 1. The predicted octanol–water partition coefficient (Wildman–Crippen LogP) is 2.46. The summed E-state index contributed by atoms with van der Waals surface area (Å²) in [6.45, 7) is 2.93. The molecule has 1 heterocycles. The van der Waals surface area contributed by atoms with E-state index >= 15 is 0 Å². The number of methoxy groups -OCH3 is 2. The van der Waals surface area contributed by atoms with E-state index in [2.05, 4.69) is 24.4 Å². The van der Waals surface area contributed by atoms with Crippen LogP contribution in [0, 0.1) is 0 Å². The molecule has 0 radical (unpaired) electrons. The Morgan fingerprint density at radius 2 is 2.19 bits per heavy atom. The largest absolute Gasteiger partial charge is 0.497 e. The Hall–Kier alpha value is -1.22. The smallest absolute Gasteiger partial charge is 0.119 e. The zero-order chi connectivity index (χ0) is 11.6. The van der Waals surface area contributed by atoms with Crippen LogP contribution in [0.4, 0.5) is 5.69 Å². The van der Waals surface area contributed by atoms with Gasteiger partial charge in [0.15, 0.2) is 0 Å². The van der Waals surface area contributed by atoms with Gasteiger partial charge >= 0.3 is 0 Å². The molecule has 88 valence electrons. The molecule has 0 aliphatic carbocycles. The molecule has 1 atom stereocenters. The van der Waals surface area contributed by atoms with Crippen molar-refractivity contribution in [3.05, 3.63) is 23.8 Å². The van der Waals surface area contributed by atoms with Gasteiger partial charge < -0.3 is 14.8 Å². The number of aryl methyl sites for hydroxylation is 1. The third-order valence-electron chi connectivity index (χ3n) is 3.16. The van der Waals surface area contributed by atoms with Gasteiger partial charge in [-0.05, 0) is 43.5 Å². The Kier molecular flexibility index (Phi) is 3.06. The zero-order valence-electron chi connectivity index (χ0n) is 10.2. The highest BCUT2D eigenvalue weighted by molar-refractivity contribution is 5.57. The summed E-state index contributed by atoms with van der Waals surface area (Å²) < 4.78 is 10.5. The van der Waals surface area contributed by atoms with Crippen molar-refractivity contribution >= 4 is 5.69 Å². The highest BCUT2D eigenvalue weighted by atomic mass is 16.5. The number of nitrogens with one attached hydrogen (secondary N) is 1. The molecule has 0 aromatic heterocycles. The van der Waals surface area contributed by atoms with E-state index in [4.69, 9.17) is 9.47 Å². The van der Waals surface area contributed by atoms with Crippen LogP contribution in [0.25, 0.3) is 0 Å². The molecule has 3 heteroatoms. The molecule has 0 amide bonds.